The fourth-order valence-corrected chi connectivity index (χ4v) is 2.43. The highest BCUT2D eigenvalue weighted by molar-refractivity contribution is 6.11. The van der Waals surface area contributed by atoms with Crippen molar-refractivity contribution in [3.8, 4) is 17.7 Å². The molecule has 0 radical (unpaired) electrons. The molecule has 1 aromatic carbocycles. The minimum atomic E-state index is -0.840. The zero-order chi connectivity index (χ0) is 15.9. The van der Waals surface area contributed by atoms with Crippen molar-refractivity contribution in [1.82, 2.24) is 14.4 Å². The highest BCUT2D eigenvalue weighted by Gasteiger charge is 2.15. The SMILES string of the molecule is Bn1ccc2c(Oc3c(C)cc(C#N)cc3C)nc(F)nc21. The maximum Gasteiger partial charge on any atom is 0.313 e. The third-order valence-corrected chi connectivity index (χ3v) is 3.45. The Balaban J connectivity index is 2.13. The van der Waals surface area contributed by atoms with Crippen molar-refractivity contribution in [2.24, 2.45) is 0 Å². The Morgan fingerprint density at radius 2 is 1.95 bits per heavy atom. The lowest BCUT2D eigenvalue weighted by Gasteiger charge is -2.12. The van der Waals surface area contributed by atoms with E-state index in [9.17, 15) is 4.39 Å². The predicted molar refractivity (Wildman–Crippen MR) is 82.1 cm³/mol. The molecule has 22 heavy (non-hydrogen) atoms. The standard InChI is InChI=1S/C15H12BFN4O/c1-8-5-10(7-18)6-9(2)12(8)22-14-11-3-4-21(16)13(11)19-15(17)20-14/h3-6H,16H2,1-2H3. The van der Waals surface area contributed by atoms with Gasteiger partial charge in [-0.2, -0.15) is 19.6 Å². The molecule has 0 N–H and O–H groups in total. The van der Waals surface area contributed by atoms with Crippen LogP contribution in [0.15, 0.2) is 24.4 Å². The van der Waals surface area contributed by atoms with Gasteiger partial charge in [0.05, 0.1) is 17.0 Å². The van der Waals surface area contributed by atoms with Gasteiger partial charge < -0.3 is 9.21 Å². The second-order valence-electron chi connectivity index (χ2n) is 5.11. The summed E-state index contributed by atoms with van der Waals surface area (Å²) in [6.07, 6.45) is 0.928. The topological polar surface area (TPSA) is 63.7 Å². The van der Waals surface area contributed by atoms with E-state index >= 15 is 0 Å². The monoisotopic (exact) mass is 294 g/mol. The fourth-order valence-electron chi connectivity index (χ4n) is 2.43. The van der Waals surface area contributed by atoms with Gasteiger partial charge >= 0.3 is 6.08 Å². The molecule has 7 heteroatoms. The van der Waals surface area contributed by atoms with Gasteiger partial charge in [-0.3, -0.25) is 0 Å². The van der Waals surface area contributed by atoms with E-state index < -0.39 is 6.08 Å². The van der Waals surface area contributed by atoms with Crippen LogP contribution in [0, 0.1) is 31.3 Å². The number of hydrogen-bond acceptors (Lipinski definition) is 4. The predicted octanol–water partition coefficient (Wildman–Crippen LogP) is 2.25. The summed E-state index contributed by atoms with van der Waals surface area (Å²) >= 11 is 0. The molecule has 3 aromatic rings. The highest BCUT2D eigenvalue weighted by atomic mass is 19.1. The van der Waals surface area contributed by atoms with Crippen molar-refractivity contribution >= 4 is 19.0 Å². The lowest BCUT2D eigenvalue weighted by atomic mass is 10.1. The maximum absolute atomic E-state index is 13.6. The van der Waals surface area contributed by atoms with E-state index in [1.54, 1.807) is 36.9 Å². The first-order valence-electron chi connectivity index (χ1n) is 6.67. The summed E-state index contributed by atoms with van der Waals surface area (Å²) in [6, 6.07) is 7.32. The van der Waals surface area contributed by atoms with Crippen molar-refractivity contribution in [3.05, 3.63) is 47.2 Å². The molecule has 0 amide bonds. The van der Waals surface area contributed by atoms with Crippen molar-refractivity contribution in [2.75, 3.05) is 0 Å². The molecule has 108 valence electrons. The highest BCUT2D eigenvalue weighted by Crippen LogP contribution is 2.32. The summed E-state index contributed by atoms with van der Waals surface area (Å²) in [5.41, 5.74) is 2.60. The van der Waals surface area contributed by atoms with Gasteiger partial charge in [-0.15, -0.1) is 0 Å². The first-order valence-corrected chi connectivity index (χ1v) is 6.67. The third kappa shape index (κ3) is 2.29. The van der Waals surface area contributed by atoms with Crippen LogP contribution in [0.25, 0.3) is 11.0 Å². The molecular formula is C15H12BFN4O. The van der Waals surface area contributed by atoms with Crippen molar-refractivity contribution in [3.63, 3.8) is 0 Å². The molecule has 3 rings (SSSR count). The third-order valence-electron chi connectivity index (χ3n) is 3.45. The number of rotatable bonds is 2. The number of nitriles is 1. The number of ether oxygens (including phenoxy) is 1. The molecule has 0 bridgehead atoms. The van der Waals surface area contributed by atoms with E-state index in [0.29, 0.717) is 22.3 Å². The second kappa shape index (κ2) is 5.15. The Kier molecular flexibility index (Phi) is 3.30. The Bertz CT molecular complexity index is 906. The summed E-state index contributed by atoms with van der Waals surface area (Å²) in [6.45, 7) is 3.67. The molecule has 0 saturated heterocycles. The molecular weight excluding hydrogens is 282 g/mol. The Hall–Kier alpha value is -2.88. The average Bonchev–Trinajstić information content (AvgIpc) is 2.84. The number of aromatic nitrogens is 3. The summed E-state index contributed by atoms with van der Waals surface area (Å²) in [4.78, 5) is 7.53. The van der Waals surface area contributed by atoms with Gasteiger partial charge in [-0.1, -0.05) is 0 Å². The van der Waals surface area contributed by atoms with E-state index in [0.717, 1.165) is 11.1 Å². The lowest BCUT2D eigenvalue weighted by Crippen LogP contribution is -2.00. The molecule has 0 saturated carbocycles. The molecule has 0 spiro atoms. The van der Waals surface area contributed by atoms with E-state index in [-0.39, 0.29) is 5.88 Å². The Morgan fingerprint density at radius 3 is 2.59 bits per heavy atom. The van der Waals surface area contributed by atoms with Crippen LogP contribution in [-0.4, -0.2) is 22.4 Å². The minimum absolute atomic E-state index is 0.166. The smallest absolute Gasteiger partial charge is 0.313 e. The van der Waals surface area contributed by atoms with Crippen LogP contribution >= 0.6 is 0 Å². The van der Waals surface area contributed by atoms with Crippen LogP contribution in [0.4, 0.5) is 4.39 Å². The zero-order valence-corrected chi connectivity index (χ0v) is 12.4. The summed E-state index contributed by atoms with van der Waals surface area (Å²) in [7, 11) is 1.77. The number of aryl methyl sites for hydroxylation is 2. The van der Waals surface area contributed by atoms with Crippen molar-refractivity contribution < 1.29 is 9.13 Å². The van der Waals surface area contributed by atoms with Gasteiger partial charge in [0, 0.05) is 0 Å². The molecule has 0 unspecified atom stereocenters. The van der Waals surface area contributed by atoms with Crippen LogP contribution in [0.1, 0.15) is 16.7 Å². The molecule has 0 aliphatic heterocycles. The van der Waals surface area contributed by atoms with Gasteiger partial charge in [-0.05, 0) is 49.4 Å². The van der Waals surface area contributed by atoms with E-state index in [2.05, 4.69) is 16.0 Å². The normalized spacial score (nSPS) is 10.6. The van der Waals surface area contributed by atoms with Gasteiger partial charge in [-0.25, -0.2) is 0 Å². The molecule has 5 nitrogen and oxygen atoms in total. The van der Waals surface area contributed by atoms with Crippen LogP contribution in [-0.2, 0) is 0 Å². The van der Waals surface area contributed by atoms with Gasteiger partial charge in [0.15, 0.2) is 0 Å². The van der Waals surface area contributed by atoms with Gasteiger partial charge in [0.25, 0.3) is 0 Å². The molecule has 0 fully saturated rings. The number of hydrogen-bond donors (Lipinski definition) is 0. The Morgan fingerprint density at radius 1 is 1.27 bits per heavy atom. The van der Waals surface area contributed by atoms with Crippen LogP contribution < -0.4 is 4.74 Å². The molecule has 2 aromatic heterocycles. The van der Waals surface area contributed by atoms with Crippen molar-refractivity contribution in [1.29, 1.82) is 5.26 Å². The first-order chi connectivity index (χ1) is 10.5. The summed E-state index contributed by atoms with van der Waals surface area (Å²) < 4.78 is 21.2. The van der Waals surface area contributed by atoms with Gasteiger partial charge in [0.1, 0.15) is 11.4 Å². The lowest BCUT2D eigenvalue weighted by molar-refractivity contribution is 0.437. The second-order valence-corrected chi connectivity index (χ2v) is 5.11. The van der Waals surface area contributed by atoms with E-state index in [1.165, 1.54) is 0 Å². The number of halogens is 1. The molecule has 0 aliphatic rings. The molecule has 0 atom stereocenters. The van der Waals surface area contributed by atoms with Crippen LogP contribution in [0.5, 0.6) is 11.6 Å². The van der Waals surface area contributed by atoms with Crippen LogP contribution in [0.3, 0.4) is 0 Å². The Labute approximate surface area is 127 Å². The van der Waals surface area contributed by atoms with Crippen molar-refractivity contribution in [2.45, 2.75) is 13.8 Å². The van der Waals surface area contributed by atoms with E-state index in [1.807, 2.05) is 13.8 Å². The summed E-state index contributed by atoms with van der Waals surface area (Å²) in [5.74, 6) is 0.737. The summed E-state index contributed by atoms with van der Waals surface area (Å²) in [5, 5.41) is 9.62. The number of benzene rings is 1. The first kappa shape index (κ1) is 14.1. The number of nitrogens with zero attached hydrogens (tertiary/aromatic N) is 4. The quantitative estimate of drug-likeness (QED) is 0.537. The van der Waals surface area contributed by atoms with E-state index in [4.69, 9.17) is 10.00 Å². The average molecular weight is 294 g/mol. The fraction of sp³-hybridized carbons (Fsp3) is 0.133. The maximum atomic E-state index is 13.6. The molecule has 2 heterocycles. The zero-order valence-electron chi connectivity index (χ0n) is 12.4. The largest absolute Gasteiger partial charge is 0.438 e. The molecule has 0 aliphatic carbocycles. The van der Waals surface area contributed by atoms with Crippen LogP contribution in [0.2, 0.25) is 0 Å². The minimum Gasteiger partial charge on any atom is -0.438 e. The van der Waals surface area contributed by atoms with Gasteiger partial charge in [0.2, 0.25) is 13.9 Å². The number of fused-ring (bicyclic) bond motifs is 1.